The smallest absolute Gasteiger partial charge is 0.319 e. The topological polar surface area (TPSA) is 59.6 Å². The SMILES string of the molecule is Cc1ccccc1CNC(=O)Nc1ccc2c(c1)OCO2. The standard InChI is InChI=1S/C16H16N2O3/c1-11-4-2-3-5-12(11)9-17-16(19)18-13-6-7-14-15(8-13)21-10-20-14/h2-8H,9-10H2,1H3,(H2,17,18,19). The van der Waals surface area contributed by atoms with Crippen LogP contribution in [0.3, 0.4) is 0 Å². The summed E-state index contributed by atoms with van der Waals surface area (Å²) in [6.45, 7) is 2.73. The molecule has 0 bridgehead atoms. The first kappa shape index (κ1) is 13.3. The molecule has 0 atom stereocenters. The van der Waals surface area contributed by atoms with Gasteiger partial charge in [0.15, 0.2) is 11.5 Å². The Morgan fingerprint density at radius 1 is 1.14 bits per heavy atom. The fraction of sp³-hybridized carbons (Fsp3) is 0.188. The van der Waals surface area contributed by atoms with Crippen molar-refractivity contribution >= 4 is 11.7 Å². The number of carbonyl (C=O) groups excluding carboxylic acids is 1. The molecule has 0 unspecified atom stereocenters. The molecule has 0 radical (unpaired) electrons. The van der Waals surface area contributed by atoms with Gasteiger partial charge in [0.1, 0.15) is 0 Å². The first-order valence-electron chi connectivity index (χ1n) is 6.71. The van der Waals surface area contributed by atoms with Crippen LogP contribution in [-0.2, 0) is 6.54 Å². The fourth-order valence-corrected chi connectivity index (χ4v) is 2.13. The van der Waals surface area contributed by atoms with Gasteiger partial charge in [-0.25, -0.2) is 4.79 Å². The lowest BCUT2D eigenvalue weighted by molar-refractivity contribution is 0.174. The van der Waals surface area contributed by atoms with E-state index in [4.69, 9.17) is 9.47 Å². The summed E-state index contributed by atoms with van der Waals surface area (Å²) in [7, 11) is 0. The van der Waals surface area contributed by atoms with Crippen LogP contribution in [0.4, 0.5) is 10.5 Å². The van der Waals surface area contributed by atoms with Crippen molar-refractivity contribution in [3.05, 3.63) is 53.6 Å². The van der Waals surface area contributed by atoms with Crippen LogP contribution in [-0.4, -0.2) is 12.8 Å². The molecule has 1 heterocycles. The van der Waals surface area contributed by atoms with Crippen LogP contribution in [0.25, 0.3) is 0 Å². The molecule has 21 heavy (non-hydrogen) atoms. The van der Waals surface area contributed by atoms with Gasteiger partial charge in [0, 0.05) is 18.3 Å². The van der Waals surface area contributed by atoms with Gasteiger partial charge in [-0.3, -0.25) is 0 Å². The van der Waals surface area contributed by atoms with E-state index in [0.717, 1.165) is 11.1 Å². The second kappa shape index (κ2) is 5.75. The minimum Gasteiger partial charge on any atom is -0.454 e. The minimum atomic E-state index is -0.253. The first-order chi connectivity index (χ1) is 10.2. The van der Waals surface area contributed by atoms with Gasteiger partial charge < -0.3 is 20.1 Å². The van der Waals surface area contributed by atoms with Crippen molar-refractivity contribution in [1.29, 1.82) is 0 Å². The van der Waals surface area contributed by atoms with Gasteiger partial charge in [0.05, 0.1) is 0 Å². The Hall–Kier alpha value is -2.69. The van der Waals surface area contributed by atoms with Gasteiger partial charge in [-0.1, -0.05) is 24.3 Å². The lowest BCUT2D eigenvalue weighted by Gasteiger charge is -2.09. The van der Waals surface area contributed by atoms with E-state index in [1.165, 1.54) is 0 Å². The Labute approximate surface area is 122 Å². The van der Waals surface area contributed by atoms with Crippen molar-refractivity contribution in [3.63, 3.8) is 0 Å². The van der Waals surface area contributed by atoms with Crippen LogP contribution in [0.5, 0.6) is 11.5 Å². The van der Waals surface area contributed by atoms with Crippen molar-refractivity contribution in [2.75, 3.05) is 12.1 Å². The van der Waals surface area contributed by atoms with Crippen LogP contribution in [0, 0.1) is 6.92 Å². The average Bonchev–Trinajstić information content (AvgIpc) is 2.94. The van der Waals surface area contributed by atoms with Crippen LogP contribution < -0.4 is 20.1 Å². The summed E-state index contributed by atoms with van der Waals surface area (Å²) in [5, 5.41) is 5.61. The van der Waals surface area contributed by atoms with Gasteiger partial charge in [-0.2, -0.15) is 0 Å². The molecule has 5 nitrogen and oxygen atoms in total. The third-order valence-corrected chi connectivity index (χ3v) is 3.33. The van der Waals surface area contributed by atoms with E-state index >= 15 is 0 Å². The van der Waals surface area contributed by atoms with Crippen LogP contribution in [0.15, 0.2) is 42.5 Å². The normalized spacial score (nSPS) is 12.0. The molecule has 1 aliphatic heterocycles. The summed E-state index contributed by atoms with van der Waals surface area (Å²) in [6.07, 6.45) is 0. The van der Waals surface area contributed by atoms with Crippen LogP contribution >= 0.6 is 0 Å². The minimum absolute atomic E-state index is 0.221. The van der Waals surface area contributed by atoms with E-state index in [9.17, 15) is 4.79 Å². The number of ether oxygens (including phenoxy) is 2. The van der Waals surface area contributed by atoms with E-state index in [0.29, 0.717) is 23.7 Å². The molecule has 3 rings (SSSR count). The second-order valence-corrected chi connectivity index (χ2v) is 4.80. The molecule has 108 valence electrons. The molecule has 2 amide bonds. The van der Waals surface area contributed by atoms with E-state index in [1.807, 2.05) is 31.2 Å². The summed E-state index contributed by atoms with van der Waals surface area (Å²) in [6, 6.07) is 13.0. The lowest BCUT2D eigenvalue weighted by Crippen LogP contribution is -2.28. The van der Waals surface area contributed by atoms with Crippen molar-refractivity contribution in [2.45, 2.75) is 13.5 Å². The number of fused-ring (bicyclic) bond motifs is 1. The van der Waals surface area contributed by atoms with Gasteiger partial charge in [0.2, 0.25) is 6.79 Å². The van der Waals surface area contributed by atoms with Crippen molar-refractivity contribution < 1.29 is 14.3 Å². The maximum atomic E-state index is 11.9. The Kier molecular flexibility index (Phi) is 3.64. The molecule has 0 fully saturated rings. The van der Waals surface area contributed by atoms with E-state index in [2.05, 4.69) is 10.6 Å². The van der Waals surface area contributed by atoms with E-state index < -0.39 is 0 Å². The molecule has 2 N–H and O–H groups in total. The largest absolute Gasteiger partial charge is 0.454 e. The van der Waals surface area contributed by atoms with Crippen LogP contribution in [0.1, 0.15) is 11.1 Å². The number of carbonyl (C=O) groups is 1. The second-order valence-electron chi connectivity index (χ2n) is 4.80. The number of hydrogen-bond donors (Lipinski definition) is 2. The number of urea groups is 1. The summed E-state index contributed by atoms with van der Waals surface area (Å²) < 4.78 is 10.5. The Bertz CT molecular complexity index is 670. The molecule has 2 aromatic carbocycles. The van der Waals surface area contributed by atoms with E-state index in [-0.39, 0.29) is 12.8 Å². The molecule has 0 saturated heterocycles. The zero-order chi connectivity index (χ0) is 14.7. The summed E-state index contributed by atoms with van der Waals surface area (Å²) in [5.41, 5.74) is 2.92. The number of amides is 2. The highest BCUT2D eigenvalue weighted by Gasteiger charge is 2.14. The molecular formula is C16H16N2O3. The quantitative estimate of drug-likeness (QED) is 0.910. The molecule has 5 heteroatoms. The number of hydrogen-bond acceptors (Lipinski definition) is 3. The molecular weight excluding hydrogens is 268 g/mol. The number of anilines is 1. The molecule has 1 aliphatic rings. The number of rotatable bonds is 3. The molecule has 0 saturated carbocycles. The molecule has 2 aromatic rings. The molecule has 0 aliphatic carbocycles. The fourth-order valence-electron chi connectivity index (χ4n) is 2.13. The Balaban J connectivity index is 1.58. The number of aryl methyl sites for hydroxylation is 1. The van der Waals surface area contributed by atoms with Crippen LogP contribution in [0.2, 0.25) is 0 Å². The molecule has 0 spiro atoms. The predicted molar refractivity (Wildman–Crippen MR) is 79.6 cm³/mol. The maximum Gasteiger partial charge on any atom is 0.319 e. The summed E-state index contributed by atoms with van der Waals surface area (Å²) in [4.78, 5) is 11.9. The highest BCUT2D eigenvalue weighted by molar-refractivity contribution is 5.89. The predicted octanol–water partition coefficient (Wildman–Crippen LogP) is 3.05. The van der Waals surface area contributed by atoms with Gasteiger partial charge in [0.25, 0.3) is 0 Å². The van der Waals surface area contributed by atoms with Gasteiger partial charge >= 0.3 is 6.03 Å². The summed E-state index contributed by atoms with van der Waals surface area (Å²) in [5.74, 6) is 1.34. The van der Waals surface area contributed by atoms with Gasteiger partial charge in [-0.15, -0.1) is 0 Å². The average molecular weight is 284 g/mol. The zero-order valence-electron chi connectivity index (χ0n) is 11.7. The first-order valence-corrected chi connectivity index (χ1v) is 6.71. The Morgan fingerprint density at radius 2 is 1.95 bits per heavy atom. The van der Waals surface area contributed by atoms with E-state index in [1.54, 1.807) is 18.2 Å². The van der Waals surface area contributed by atoms with Crippen molar-refractivity contribution in [1.82, 2.24) is 5.32 Å². The monoisotopic (exact) mass is 284 g/mol. The number of benzene rings is 2. The third kappa shape index (κ3) is 3.08. The van der Waals surface area contributed by atoms with Gasteiger partial charge in [-0.05, 0) is 30.2 Å². The number of nitrogens with one attached hydrogen (secondary N) is 2. The zero-order valence-corrected chi connectivity index (χ0v) is 11.7. The Morgan fingerprint density at radius 3 is 2.81 bits per heavy atom. The highest BCUT2D eigenvalue weighted by atomic mass is 16.7. The highest BCUT2D eigenvalue weighted by Crippen LogP contribution is 2.34. The van der Waals surface area contributed by atoms with Crippen molar-refractivity contribution in [2.24, 2.45) is 0 Å². The lowest BCUT2D eigenvalue weighted by atomic mass is 10.1. The maximum absolute atomic E-state index is 11.9. The van der Waals surface area contributed by atoms with Crippen molar-refractivity contribution in [3.8, 4) is 11.5 Å². The molecule has 0 aromatic heterocycles. The third-order valence-electron chi connectivity index (χ3n) is 3.33. The summed E-state index contributed by atoms with van der Waals surface area (Å²) >= 11 is 0.